The Morgan fingerprint density at radius 3 is 2.81 bits per heavy atom. The van der Waals surface area contributed by atoms with Crippen molar-refractivity contribution in [2.24, 2.45) is 5.73 Å². The molecule has 0 spiro atoms. The summed E-state index contributed by atoms with van der Waals surface area (Å²) in [5.74, 6) is 1.03. The maximum atomic E-state index is 5.85. The number of fused-ring (bicyclic) bond motifs is 1. The summed E-state index contributed by atoms with van der Waals surface area (Å²) in [7, 11) is 0. The van der Waals surface area contributed by atoms with E-state index in [2.05, 4.69) is 53.2 Å². The third-order valence-corrected chi connectivity index (χ3v) is 4.14. The number of nitrogens with two attached hydrogens (primary N) is 1. The number of hydrogen-bond donors (Lipinski definition) is 1. The molecule has 1 aromatic carbocycles. The standard InChI is InChI=1S/C18H23N3/c1-13(19)11-15-8-10-18(20-12-15)21-14(2)7-9-16-5-3-4-6-17(16)21/h3-6,8,10,12-14H,7,9,11,19H2,1-2H3. The van der Waals surface area contributed by atoms with Crippen molar-refractivity contribution in [1.29, 1.82) is 0 Å². The van der Waals surface area contributed by atoms with Gasteiger partial charge in [0, 0.05) is 24.0 Å². The molecule has 2 unspecified atom stereocenters. The Morgan fingerprint density at radius 1 is 1.29 bits per heavy atom. The van der Waals surface area contributed by atoms with Gasteiger partial charge in [0.15, 0.2) is 0 Å². The lowest BCUT2D eigenvalue weighted by Crippen LogP contribution is -2.33. The molecule has 3 heteroatoms. The van der Waals surface area contributed by atoms with Crippen molar-refractivity contribution >= 4 is 11.5 Å². The molecule has 2 heterocycles. The highest BCUT2D eigenvalue weighted by atomic mass is 15.2. The fourth-order valence-corrected chi connectivity index (χ4v) is 3.09. The third kappa shape index (κ3) is 2.93. The molecule has 110 valence electrons. The van der Waals surface area contributed by atoms with Gasteiger partial charge in [0.05, 0.1) is 0 Å². The second-order valence-corrected chi connectivity index (χ2v) is 6.09. The molecule has 2 aromatic rings. The minimum Gasteiger partial charge on any atom is -0.328 e. The van der Waals surface area contributed by atoms with Crippen LogP contribution >= 0.6 is 0 Å². The minimum atomic E-state index is 0.173. The highest BCUT2D eigenvalue weighted by molar-refractivity contribution is 5.66. The van der Waals surface area contributed by atoms with Crippen LogP contribution in [0.1, 0.15) is 31.4 Å². The van der Waals surface area contributed by atoms with E-state index in [-0.39, 0.29) is 6.04 Å². The van der Waals surface area contributed by atoms with E-state index in [0.29, 0.717) is 6.04 Å². The van der Waals surface area contributed by atoms with Gasteiger partial charge in [-0.25, -0.2) is 4.98 Å². The second kappa shape index (κ2) is 5.86. The summed E-state index contributed by atoms with van der Waals surface area (Å²) < 4.78 is 0. The normalized spacial score (nSPS) is 19.2. The van der Waals surface area contributed by atoms with Crippen LogP contribution in [0.5, 0.6) is 0 Å². The van der Waals surface area contributed by atoms with E-state index in [4.69, 9.17) is 5.73 Å². The van der Waals surface area contributed by atoms with Gasteiger partial charge in [-0.2, -0.15) is 0 Å². The number of rotatable bonds is 3. The Balaban J connectivity index is 1.92. The molecule has 1 aliphatic heterocycles. The van der Waals surface area contributed by atoms with Crippen LogP contribution in [0, 0.1) is 0 Å². The third-order valence-electron chi connectivity index (χ3n) is 4.14. The number of nitrogens with zero attached hydrogens (tertiary/aromatic N) is 2. The van der Waals surface area contributed by atoms with E-state index in [1.54, 1.807) is 0 Å². The van der Waals surface area contributed by atoms with Crippen LogP contribution < -0.4 is 10.6 Å². The van der Waals surface area contributed by atoms with Crippen molar-refractivity contribution in [1.82, 2.24) is 4.98 Å². The van der Waals surface area contributed by atoms with Gasteiger partial charge in [0.25, 0.3) is 0 Å². The molecule has 0 amide bonds. The Hall–Kier alpha value is -1.87. The van der Waals surface area contributed by atoms with Crippen molar-refractivity contribution in [2.75, 3.05) is 4.90 Å². The van der Waals surface area contributed by atoms with Crippen molar-refractivity contribution in [3.8, 4) is 0 Å². The topological polar surface area (TPSA) is 42.1 Å². The van der Waals surface area contributed by atoms with Gasteiger partial charge in [-0.05, 0) is 56.4 Å². The lowest BCUT2D eigenvalue weighted by atomic mass is 9.96. The smallest absolute Gasteiger partial charge is 0.133 e. The SMILES string of the molecule is CC(N)Cc1ccc(N2c3ccccc3CCC2C)nc1. The van der Waals surface area contributed by atoms with Gasteiger partial charge in [0.2, 0.25) is 0 Å². The van der Waals surface area contributed by atoms with Crippen LogP contribution in [0.15, 0.2) is 42.6 Å². The van der Waals surface area contributed by atoms with Crippen LogP contribution in [-0.4, -0.2) is 17.1 Å². The molecule has 1 aliphatic rings. The largest absolute Gasteiger partial charge is 0.328 e. The maximum Gasteiger partial charge on any atom is 0.133 e. The zero-order chi connectivity index (χ0) is 14.8. The van der Waals surface area contributed by atoms with Gasteiger partial charge in [-0.1, -0.05) is 24.3 Å². The quantitative estimate of drug-likeness (QED) is 0.937. The lowest BCUT2D eigenvalue weighted by molar-refractivity contribution is 0.613. The Morgan fingerprint density at radius 2 is 2.10 bits per heavy atom. The highest BCUT2D eigenvalue weighted by Crippen LogP contribution is 2.35. The number of aryl methyl sites for hydroxylation is 1. The summed E-state index contributed by atoms with van der Waals surface area (Å²) in [5, 5.41) is 0. The summed E-state index contributed by atoms with van der Waals surface area (Å²) in [6, 6.07) is 13.6. The first kappa shape index (κ1) is 14.1. The molecule has 3 rings (SSSR count). The first-order valence-electron chi connectivity index (χ1n) is 7.73. The number of benzene rings is 1. The molecule has 1 aromatic heterocycles. The molecule has 21 heavy (non-hydrogen) atoms. The predicted octanol–water partition coefficient (Wildman–Crippen LogP) is 3.44. The van der Waals surface area contributed by atoms with Crippen LogP contribution in [0.25, 0.3) is 0 Å². The van der Waals surface area contributed by atoms with Gasteiger partial charge in [-0.3, -0.25) is 0 Å². The average molecular weight is 281 g/mol. The van der Waals surface area contributed by atoms with Gasteiger partial charge in [-0.15, -0.1) is 0 Å². The van der Waals surface area contributed by atoms with E-state index >= 15 is 0 Å². The second-order valence-electron chi connectivity index (χ2n) is 6.09. The first-order chi connectivity index (χ1) is 10.1. The van der Waals surface area contributed by atoms with Gasteiger partial charge < -0.3 is 10.6 Å². The van der Waals surface area contributed by atoms with Crippen LogP contribution in [0.4, 0.5) is 11.5 Å². The molecule has 0 aliphatic carbocycles. The molecule has 0 radical (unpaired) electrons. The zero-order valence-corrected chi connectivity index (χ0v) is 12.8. The van der Waals surface area contributed by atoms with Crippen LogP contribution in [-0.2, 0) is 12.8 Å². The Labute approximate surface area is 126 Å². The van der Waals surface area contributed by atoms with Crippen molar-refractivity contribution in [2.45, 2.75) is 45.2 Å². The molecule has 0 saturated carbocycles. The first-order valence-corrected chi connectivity index (χ1v) is 7.73. The minimum absolute atomic E-state index is 0.173. The monoisotopic (exact) mass is 281 g/mol. The molecule has 0 bridgehead atoms. The number of aromatic nitrogens is 1. The molecule has 0 fully saturated rings. The summed E-state index contributed by atoms with van der Waals surface area (Å²) in [6.07, 6.45) is 5.15. The van der Waals surface area contributed by atoms with E-state index in [0.717, 1.165) is 18.7 Å². The number of pyridine rings is 1. The Bertz CT molecular complexity index is 604. The summed E-state index contributed by atoms with van der Waals surface area (Å²) in [5.41, 5.74) is 9.76. The zero-order valence-electron chi connectivity index (χ0n) is 12.8. The fourth-order valence-electron chi connectivity index (χ4n) is 3.09. The number of hydrogen-bond acceptors (Lipinski definition) is 3. The predicted molar refractivity (Wildman–Crippen MR) is 88.0 cm³/mol. The van der Waals surface area contributed by atoms with E-state index in [1.165, 1.54) is 23.2 Å². The van der Waals surface area contributed by atoms with E-state index < -0.39 is 0 Å². The molecular weight excluding hydrogens is 258 g/mol. The molecule has 0 saturated heterocycles. The summed E-state index contributed by atoms with van der Waals surface area (Å²) in [4.78, 5) is 7.03. The number of para-hydroxylation sites is 1. The van der Waals surface area contributed by atoms with Crippen LogP contribution in [0.2, 0.25) is 0 Å². The lowest BCUT2D eigenvalue weighted by Gasteiger charge is -2.36. The van der Waals surface area contributed by atoms with Crippen molar-refractivity contribution < 1.29 is 0 Å². The van der Waals surface area contributed by atoms with Crippen molar-refractivity contribution in [3.63, 3.8) is 0 Å². The summed E-state index contributed by atoms with van der Waals surface area (Å²) >= 11 is 0. The van der Waals surface area contributed by atoms with Gasteiger partial charge in [0.1, 0.15) is 5.82 Å². The molecule has 3 nitrogen and oxygen atoms in total. The summed E-state index contributed by atoms with van der Waals surface area (Å²) in [6.45, 7) is 4.30. The fraction of sp³-hybridized carbons (Fsp3) is 0.389. The molecule has 2 atom stereocenters. The van der Waals surface area contributed by atoms with E-state index in [9.17, 15) is 0 Å². The highest BCUT2D eigenvalue weighted by Gasteiger charge is 2.24. The van der Waals surface area contributed by atoms with Crippen LogP contribution in [0.3, 0.4) is 0 Å². The van der Waals surface area contributed by atoms with Crippen molar-refractivity contribution in [3.05, 3.63) is 53.7 Å². The van der Waals surface area contributed by atoms with E-state index in [1.807, 2.05) is 13.1 Å². The molecular formula is C18H23N3. The Kier molecular flexibility index (Phi) is 3.93. The number of anilines is 2. The van der Waals surface area contributed by atoms with Gasteiger partial charge >= 0.3 is 0 Å². The average Bonchev–Trinajstić information content (AvgIpc) is 2.48. The molecule has 2 N–H and O–H groups in total. The maximum absolute atomic E-state index is 5.85.